The lowest BCUT2D eigenvalue weighted by atomic mass is 9.95. The van der Waals surface area contributed by atoms with Gasteiger partial charge in [0.1, 0.15) is 0 Å². The molecular weight excluding hydrogens is 276 g/mol. The first-order chi connectivity index (χ1) is 10.7. The molecule has 0 bridgehead atoms. The van der Waals surface area contributed by atoms with E-state index >= 15 is 0 Å². The van der Waals surface area contributed by atoms with Crippen LogP contribution in [-0.4, -0.2) is 24.4 Å². The van der Waals surface area contributed by atoms with E-state index in [9.17, 15) is 9.59 Å². The highest BCUT2D eigenvalue weighted by Crippen LogP contribution is 2.29. The van der Waals surface area contributed by atoms with Gasteiger partial charge in [0.05, 0.1) is 0 Å². The van der Waals surface area contributed by atoms with Crippen LogP contribution in [0.15, 0.2) is 18.2 Å². The highest BCUT2D eigenvalue weighted by atomic mass is 16.2. The fourth-order valence-electron chi connectivity index (χ4n) is 3.51. The Bertz CT molecular complexity index is 576. The molecule has 4 nitrogen and oxygen atoms in total. The lowest BCUT2D eigenvalue weighted by molar-refractivity contribution is -0.118. The average Bonchev–Trinajstić information content (AvgIpc) is 2.98. The Morgan fingerprint density at radius 3 is 2.73 bits per heavy atom. The van der Waals surface area contributed by atoms with Gasteiger partial charge in [0.2, 0.25) is 5.91 Å². The molecule has 1 aliphatic heterocycles. The number of hydrogen-bond donors (Lipinski definition) is 1. The highest BCUT2D eigenvalue weighted by molar-refractivity contribution is 5.98. The first-order valence-electron chi connectivity index (χ1n) is 8.43. The largest absolute Gasteiger partial charge is 0.349 e. The summed E-state index contributed by atoms with van der Waals surface area (Å²) in [7, 11) is 0. The summed E-state index contributed by atoms with van der Waals surface area (Å²) in [6, 6.07) is 6.05. The van der Waals surface area contributed by atoms with E-state index in [4.69, 9.17) is 0 Å². The van der Waals surface area contributed by atoms with Gasteiger partial charge >= 0.3 is 0 Å². The Hall–Kier alpha value is -1.84. The maximum absolute atomic E-state index is 12.4. The molecular formula is C18H24N2O2. The van der Waals surface area contributed by atoms with Crippen molar-refractivity contribution in [3.63, 3.8) is 0 Å². The predicted octanol–water partition coefficient (Wildman–Crippen LogP) is 3.05. The Morgan fingerprint density at radius 2 is 2.00 bits per heavy atom. The summed E-state index contributed by atoms with van der Waals surface area (Å²) >= 11 is 0. The molecule has 0 atom stereocenters. The molecule has 0 unspecified atom stereocenters. The van der Waals surface area contributed by atoms with Crippen LogP contribution in [-0.2, 0) is 11.2 Å². The van der Waals surface area contributed by atoms with Crippen LogP contribution >= 0.6 is 0 Å². The number of rotatable bonds is 3. The van der Waals surface area contributed by atoms with Crippen LogP contribution in [0.5, 0.6) is 0 Å². The Balaban J connectivity index is 1.71. The number of carbonyl (C=O) groups excluding carboxylic acids is 2. The molecule has 0 aromatic heterocycles. The van der Waals surface area contributed by atoms with Crippen molar-refractivity contribution < 1.29 is 9.59 Å². The van der Waals surface area contributed by atoms with Gasteiger partial charge in [-0.2, -0.15) is 0 Å². The van der Waals surface area contributed by atoms with Gasteiger partial charge in [0, 0.05) is 30.3 Å². The van der Waals surface area contributed by atoms with Crippen molar-refractivity contribution in [3.05, 3.63) is 29.3 Å². The number of nitrogens with one attached hydrogen (secondary N) is 1. The molecule has 0 spiro atoms. The normalized spacial score (nSPS) is 18.1. The molecule has 0 saturated heterocycles. The SMILES string of the molecule is CCC(=O)N1CCc2cc(C(=O)NC3CCCCC3)ccc21. The summed E-state index contributed by atoms with van der Waals surface area (Å²) in [6.07, 6.45) is 7.25. The van der Waals surface area contributed by atoms with Crippen LogP contribution in [0.3, 0.4) is 0 Å². The van der Waals surface area contributed by atoms with Crippen LogP contribution in [0, 0.1) is 0 Å². The second kappa shape index (κ2) is 6.51. The summed E-state index contributed by atoms with van der Waals surface area (Å²) in [5.74, 6) is 0.174. The lowest BCUT2D eigenvalue weighted by Crippen LogP contribution is -2.36. The minimum absolute atomic E-state index is 0.0231. The van der Waals surface area contributed by atoms with E-state index in [1.54, 1.807) is 0 Å². The minimum atomic E-state index is 0.0231. The van der Waals surface area contributed by atoms with E-state index in [1.807, 2.05) is 30.0 Å². The van der Waals surface area contributed by atoms with Crippen molar-refractivity contribution in [2.24, 2.45) is 0 Å². The zero-order valence-electron chi connectivity index (χ0n) is 13.2. The number of carbonyl (C=O) groups is 2. The van der Waals surface area contributed by atoms with Gasteiger partial charge in [-0.1, -0.05) is 26.2 Å². The number of nitrogens with zero attached hydrogens (tertiary/aromatic N) is 1. The number of hydrogen-bond acceptors (Lipinski definition) is 2. The topological polar surface area (TPSA) is 49.4 Å². The Kier molecular flexibility index (Phi) is 4.46. The van der Waals surface area contributed by atoms with Gasteiger partial charge in [-0.3, -0.25) is 9.59 Å². The molecule has 2 aliphatic rings. The lowest BCUT2D eigenvalue weighted by Gasteiger charge is -2.23. The number of anilines is 1. The molecule has 1 aromatic rings. The quantitative estimate of drug-likeness (QED) is 0.932. The molecule has 1 aliphatic carbocycles. The third-order valence-electron chi connectivity index (χ3n) is 4.78. The van der Waals surface area contributed by atoms with Crippen LogP contribution in [0.2, 0.25) is 0 Å². The fourth-order valence-corrected chi connectivity index (χ4v) is 3.51. The molecule has 4 heteroatoms. The third-order valence-corrected chi connectivity index (χ3v) is 4.78. The number of amides is 2. The minimum Gasteiger partial charge on any atom is -0.349 e. The van der Waals surface area contributed by atoms with Gasteiger partial charge < -0.3 is 10.2 Å². The Labute approximate surface area is 131 Å². The van der Waals surface area contributed by atoms with E-state index in [-0.39, 0.29) is 11.8 Å². The zero-order chi connectivity index (χ0) is 15.5. The van der Waals surface area contributed by atoms with Crippen molar-refractivity contribution in [3.8, 4) is 0 Å². The van der Waals surface area contributed by atoms with Crippen LogP contribution in [0.25, 0.3) is 0 Å². The van der Waals surface area contributed by atoms with E-state index in [0.29, 0.717) is 12.5 Å². The van der Waals surface area contributed by atoms with Crippen LogP contribution in [0.4, 0.5) is 5.69 Å². The zero-order valence-corrected chi connectivity index (χ0v) is 13.2. The van der Waals surface area contributed by atoms with Gasteiger partial charge in [-0.25, -0.2) is 0 Å². The maximum atomic E-state index is 12.4. The van der Waals surface area contributed by atoms with Crippen LogP contribution < -0.4 is 10.2 Å². The van der Waals surface area contributed by atoms with E-state index < -0.39 is 0 Å². The van der Waals surface area contributed by atoms with Gasteiger partial charge in [0.25, 0.3) is 5.91 Å². The summed E-state index contributed by atoms with van der Waals surface area (Å²) in [6.45, 7) is 2.61. The molecule has 1 fully saturated rings. The van der Waals surface area contributed by atoms with Crippen molar-refractivity contribution in [2.75, 3.05) is 11.4 Å². The molecule has 3 rings (SSSR count). The molecule has 1 saturated carbocycles. The van der Waals surface area contributed by atoms with Crippen molar-refractivity contribution >= 4 is 17.5 Å². The molecule has 118 valence electrons. The Morgan fingerprint density at radius 1 is 1.23 bits per heavy atom. The molecule has 1 aromatic carbocycles. The number of fused-ring (bicyclic) bond motifs is 1. The second-order valence-corrected chi connectivity index (χ2v) is 6.30. The second-order valence-electron chi connectivity index (χ2n) is 6.30. The fraction of sp³-hybridized carbons (Fsp3) is 0.556. The first kappa shape index (κ1) is 15.1. The van der Waals surface area contributed by atoms with Crippen molar-refractivity contribution in [1.29, 1.82) is 0 Å². The van der Waals surface area contributed by atoms with E-state index in [1.165, 1.54) is 19.3 Å². The molecule has 22 heavy (non-hydrogen) atoms. The van der Waals surface area contributed by atoms with Crippen molar-refractivity contribution in [2.45, 2.75) is 57.9 Å². The van der Waals surface area contributed by atoms with Crippen molar-refractivity contribution in [1.82, 2.24) is 5.32 Å². The summed E-state index contributed by atoms with van der Waals surface area (Å²) < 4.78 is 0. The molecule has 2 amide bonds. The number of benzene rings is 1. The van der Waals surface area contributed by atoms with Gasteiger partial charge in [-0.05, 0) is 43.0 Å². The summed E-state index contributed by atoms with van der Waals surface area (Å²) in [4.78, 5) is 26.1. The predicted molar refractivity (Wildman–Crippen MR) is 87.1 cm³/mol. The molecule has 1 heterocycles. The average molecular weight is 300 g/mol. The van der Waals surface area contributed by atoms with Gasteiger partial charge in [-0.15, -0.1) is 0 Å². The smallest absolute Gasteiger partial charge is 0.251 e. The molecule has 1 N–H and O–H groups in total. The van der Waals surface area contributed by atoms with Gasteiger partial charge in [0.15, 0.2) is 0 Å². The third kappa shape index (κ3) is 3.01. The summed E-state index contributed by atoms with van der Waals surface area (Å²) in [5.41, 5.74) is 2.80. The summed E-state index contributed by atoms with van der Waals surface area (Å²) in [5, 5.41) is 3.15. The van der Waals surface area contributed by atoms with E-state index in [0.717, 1.165) is 42.6 Å². The highest BCUT2D eigenvalue weighted by Gasteiger charge is 2.25. The monoisotopic (exact) mass is 300 g/mol. The first-order valence-corrected chi connectivity index (χ1v) is 8.43. The van der Waals surface area contributed by atoms with Crippen LogP contribution in [0.1, 0.15) is 61.4 Å². The standard InChI is InChI=1S/C18H24N2O2/c1-2-17(21)20-11-10-13-12-14(8-9-16(13)20)18(22)19-15-6-4-3-5-7-15/h8-9,12,15H,2-7,10-11H2,1H3,(H,19,22). The maximum Gasteiger partial charge on any atom is 0.251 e. The molecule has 0 radical (unpaired) electrons. The van der Waals surface area contributed by atoms with E-state index in [2.05, 4.69) is 5.32 Å².